The van der Waals surface area contributed by atoms with Gasteiger partial charge in [-0.05, 0) is 41.6 Å². The number of nitrogens with zero attached hydrogens (tertiary/aromatic N) is 1. The third kappa shape index (κ3) is 5.41. The van der Waals surface area contributed by atoms with E-state index in [0.29, 0.717) is 22.2 Å². The Bertz CT molecular complexity index is 861. The Morgan fingerprint density at radius 3 is 2.74 bits per heavy atom. The maximum atomic E-state index is 12.5. The van der Waals surface area contributed by atoms with E-state index in [1.165, 1.54) is 16.7 Å². The molecule has 2 aromatic rings. The van der Waals surface area contributed by atoms with Crippen LogP contribution in [0.2, 0.25) is 0 Å². The summed E-state index contributed by atoms with van der Waals surface area (Å²) in [5.74, 6) is -0.0419. The number of phenolic OH excluding ortho intramolecular Hbond substituents is 1. The molecule has 0 bridgehead atoms. The average molecular weight is 419 g/mol. The first-order valence-corrected chi connectivity index (χ1v) is 10.5. The minimum Gasteiger partial charge on any atom is -0.508 e. The second kappa shape index (κ2) is 9.16. The average Bonchev–Trinajstić information content (AvgIpc) is 3.24. The second-order valence-corrected chi connectivity index (χ2v) is 8.52. The van der Waals surface area contributed by atoms with Gasteiger partial charge < -0.3 is 10.4 Å². The highest BCUT2D eigenvalue weighted by Gasteiger charge is 2.32. The molecule has 27 heavy (non-hydrogen) atoms. The zero-order valence-corrected chi connectivity index (χ0v) is 16.8. The van der Waals surface area contributed by atoms with E-state index in [1.54, 1.807) is 23.5 Å². The molecule has 1 fully saturated rings. The fourth-order valence-corrected chi connectivity index (χ4v) is 4.54. The normalized spacial score (nSPS) is 15.6. The molecule has 1 aliphatic rings. The van der Waals surface area contributed by atoms with E-state index < -0.39 is 0 Å². The van der Waals surface area contributed by atoms with Crippen molar-refractivity contribution in [1.29, 1.82) is 0 Å². The molecule has 0 radical (unpaired) electrons. The van der Waals surface area contributed by atoms with Crippen LogP contribution < -0.4 is 5.32 Å². The Hall–Kier alpha value is -2.16. The summed E-state index contributed by atoms with van der Waals surface area (Å²) in [6.45, 7) is 0.776. The molecule has 0 aliphatic carbocycles. The van der Waals surface area contributed by atoms with Gasteiger partial charge in [-0.3, -0.25) is 14.5 Å². The maximum absolute atomic E-state index is 12.5. The largest absolute Gasteiger partial charge is 0.508 e. The molecule has 2 N–H and O–H groups in total. The van der Waals surface area contributed by atoms with Crippen LogP contribution in [0.4, 0.5) is 0 Å². The molecule has 1 aliphatic heterocycles. The van der Waals surface area contributed by atoms with E-state index in [1.807, 2.05) is 35.7 Å². The Balaban J connectivity index is 1.45. The molecule has 2 amide bonds. The van der Waals surface area contributed by atoms with E-state index in [0.717, 1.165) is 10.4 Å². The third-order valence-electron chi connectivity index (χ3n) is 3.92. The summed E-state index contributed by atoms with van der Waals surface area (Å²) in [6.07, 6.45) is 2.71. The van der Waals surface area contributed by atoms with Gasteiger partial charge in [0, 0.05) is 24.4 Å². The SMILES string of the molecule is O=C(CCN1C(=O)/C(=C/c2cccs2)SC1=S)NCCc1ccc(O)cc1. The second-order valence-electron chi connectivity index (χ2n) is 5.87. The summed E-state index contributed by atoms with van der Waals surface area (Å²) in [6, 6.07) is 10.8. The maximum Gasteiger partial charge on any atom is 0.266 e. The zero-order valence-electron chi connectivity index (χ0n) is 14.4. The van der Waals surface area contributed by atoms with Crippen LogP contribution in [0.5, 0.6) is 5.75 Å². The van der Waals surface area contributed by atoms with Crippen molar-refractivity contribution in [2.75, 3.05) is 13.1 Å². The molecule has 0 atom stereocenters. The highest BCUT2D eigenvalue weighted by atomic mass is 32.2. The molecule has 2 heterocycles. The number of aromatic hydroxyl groups is 1. The van der Waals surface area contributed by atoms with E-state index in [4.69, 9.17) is 12.2 Å². The summed E-state index contributed by atoms with van der Waals surface area (Å²) < 4.78 is 0.486. The fraction of sp³-hybridized carbons (Fsp3) is 0.211. The number of thiocarbonyl (C=S) groups is 1. The fourth-order valence-electron chi connectivity index (χ4n) is 2.51. The molecule has 140 valence electrons. The monoisotopic (exact) mass is 418 g/mol. The summed E-state index contributed by atoms with van der Waals surface area (Å²) in [4.78, 5) is 27.6. The first kappa shape index (κ1) is 19.6. The van der Waals surface area contributed by atoms with E-state index in [-0.39, 0.29) is 30.5 Å². The number of nitrogens with one attached hydrogen (secondary N) is 1. The molecular formula is C19H18N2O3S3. The molecule has 8 heteroatoms. The zero-order chi connectivity index (χ0) is 19.2. The van der Waals surface area contributed by atoms with Crippen molar-refractivity contribution in [3.63, 3.8) is 0 Å². The first-order chi connectivity index (χ1) is 13.0. The number of carbonyl (C=O) groups excluding carboxylic acids is 2. The van der Waals surface area contributed by atoms with Gasteiger partial charge in [0.25, 0.3) is 5.91 Å². The van der Waals surface area contributed by atoms with Gasteiger partial charge >= 0.3 is 0 Å². The van der Waals surface area contributed by atoms with Crippen LogP contribution in [-0.4, -0.2) is 39.2 Å². The molecule has 0 unspecified atom stereocenters. The van der Waals surface area contributed by atoms with Crippen molar-refractivity contribution in [3.8, 4) is 5.75 Å². The number of carbonyl (C=O) groups is 2. The van der Waals surface area contributed by atoms with Gasteiger partial charge in [-0.25, -0.2) is 0 Å². The molecular weight excluding hydrogens is 400 g/mol. The summed E-state index contributed by atoms with van der Waals surface area (Å²) in [5.41, 5.74) is 1.03. The van der Waals surface area contributed by atoms with Gasteiger partial charge in [0.1, 0.15) is 10.1 Å². The number of rotatable bonds is 7. The van der Waals surface area contributed by atoms with E-state index in [2.05, 4.69) is 5.32 Å². The van der Waals surface area contributed by atoms with Gasteiger partial charge in [-0.15, -0.1) is 11.3 Å². The lowest BCUT2D eigenvalue weighted by atomic mass is 10.1. The molecule has 1 aromatic heterocycles. The van der Waals surface area contributed by atoms with E-state index >= 15 is 0 Å². The van der Waals surface area contributed by atoms with Crippen molar-refractivity contribution >= 4 is 57.5 Å². The molecule has 5 nitrogen and oxygen atoms in total. The minimum atomic E-state index is -0.143. The van der Waals surface area contributed by atoms with Gasteiger partial charge in [-0.2, -0.15) is 0 Å². The van der Waals surface area contributed by atoms with Gasteiger partial charge in [0.05, 0.1) is 4.91 Å². The minimum absolute atomic E-state index is 0.120. The van der Waals surface area contributed by atoms with Crippen LogP contribution in [0.15, 0.2) is 46.7 Å². The van der Waals surface area contributed by atoms with Crippen molar-refractivity contribution in [2.24, 2.45) is 0 Å². The number of amides is 2. The standard InChI is InChI=1S/C19H18N2O3S3/c22-14-5-3-13(4-6-14)7-9-20-17(23)8-10-21-18(24)16(27-19(21)25)12-15-2-1-11-26-15/h1-6,11-12,22H,7-10H2,(H,20,23)/b16-12-. The van der Waals surface area contributed by atoms with Gasteiger partial charge in [0.2, 0.25) is 5.91 Å². The van der Waals surface area contributed by atoms with Crippen molar-refractivity contribution in [3.05, 3.63) is 57.1 Å². The molecule has 3 rings (SSSR count). The first-order valence-electron chi connectivity index (χ1n) is 8.36. The number of hydrogen-bond donors (Lipinski definition) is 2. The van der Waals surface area contributed by atoms with Crippen LogP contribution in [-0.2, 0) is 16.0 Å². The topological polar surface area (TPSA) is 69.6 Å². The summed E-state index contributed by atoms with van der Waals surface area (Å²) in [5, 5.41) is 14.1. The smallest absolute Gasteiger partial charge is 0.266 e. The molecule has 1 saturated heterocycles. The van der Waals surface area contributed by atoms with Crippen molar-refractivity contribution in [1.82, 2.24) is 10.2 Å². The van der Waals surface area contributed by atoms with Crippen molar-refractivity contribution in [2.45, 2.75) is 12.8 Å². The predicted octanol–water partition coefficient (Wildman–Crippen LogP) is 3.40. The highest BCUT2D eigenvalue weighted by Crippen LogP contribution is 2.33. The van der Waals surface area contributed by atoms with E-state index in [9.17, 15) is 14.7 Å². The Labute approximate surface area is 171 Å². The number of benzene rings is 1. The lowest BCUT2D eigenvalue weighted by molar-refractivity contribution is -0.123. The molecule has 0 saturated carbocycles. The Morgan fingerprint density at radius 1 is 1.26 bits per heavy atom. The third-order valence-corrected chi connectivity index (χ3v) is 6.12. The molecule has 0 spiro atoms. The Morgan fingerprint density at radius 2 is 2.04 bits per heavy atom. The number of thiophene rings is 1. The Kier molecular flexibility index (Phi) is 6.65. The number of phenols is 1. The lowest BCUT2D eigenvalue weighted by Gasteiger charge is -2.14. The quantitative estimate of drug-likeness (QED) is 0.533. The van der Waals surface area contributed by atoms with Crippen LogP contribution >= 0.6 is 35.3 Å². The summed E-state index contributed by atoms with van der Waals surface area (Å²) >= 11 is 8.11. The van der Waals surface area contributed by atoms with Crippen molar-refractivity contribution < 1.29 is 14.7 Å². The highest BCUT2D eigenvalue weighted by molar-refractivity contribution is 8.26. The predicted molar refractivity (Wildman–Crippen MR) is 114 cm³/mol. The molecule has 1 aromatic carbocycles. The van der Waals surface area contributed by atoms with Crippen LogP contribution in [0.3, 0.4) is 0 Å². The summed E-state index contributed by atoms with van der Waals surface area (Å²) in [7, 11) is 0. The van der Waals surface area contributed by atoms with Crippen LogP contribution in [0, 0.1) is 0 Å². The lowest BCUT2D eigenvalue weighted by Crippen LogP contribution is -2.34. The van der Waals surface area contributed by atoms with Gasteiger partial charge in [0.15, 0.2) is 0 Å². The van der Waals surface area contributed by atoms with Crippen LogP contribution in [0.25, 0.3) is 6.08 Å². The van der Waals surface area contributed by atoms with Crippen LogP contribution in [0.1, 0.15) is 16.9 Å². The van der Waals surface area contributed by atoms with Gasteiger partial charge in [-0.1, -0.05) is 42.2 Å². The number of thioether (sulfide) groups is 1. The number of hydrogen-bond acceptors (Lipinski definition) is 6.